The van der Waals surface area contributed by atoms with Crippen LogP contribution in [-0.4, -0.2) is 64.0 Å². The Balaban J connectivity index is 1.23. The van der Waals surface area contributed by atoms with Gasteiger partial charge in [0.2, 0.25) is 5.52 Å². The molecule has 2 heterocycles. The molecule has 0 saturated heterocycles. The summed E-state index contributed by atoms with van der Waals surface area (Å²) in [7, 11) is 0. The lowest BCUT2D eigenvalue weighted by molar-refractivity contribution is -0.383. The highest BCUT2D eigenvalue weighted by molar-refractivity contribution is 5.97. The zero-order valence-electron chi connectivity index (χ0n) is 25.6. The van der Waals surface area contributed by atoms with Gasteiger partial charge in [0.05, 0.1) is 23.8 Å². The Morgan fingerprint density at radius 2 is 1.83 bits per heavy atom. The van der Waals surface area contributed by atoms with Crippen LogP contribution in [0.25, 0.3) is 11.0 Å². The van der Waals surface area contributed by atoms with E-state index in [0.29, 0.717) is 24.6 Å². The summed E-state index contributed by atoms with van der Waals surface area (Å²) in [4.78, 5) is 42.1. The number of hydrogen-bond acceptors (Lipinski definition) is 11. The number of nitrogens with one attached hydrogen (secondary N) is 2. The average Bonchev–Trinajstić information content (AvgIpc) is 3.77. The van der Waals surface area contributed by atoms with Crippen LogP contribution in [0.2, 0.25) is 0 Å². The first kappa shape index (κ1) is 32.4. The second-order valence-corrected chi connectivity index (χ2v) is 11.1. The van der Waals surface area contributed by atoms with Crippen molar-refractivity contribution in [3.05, 3.63) is 87.0 Å². The molecule has 1 unspecified atom stereocenters. The summed E-state index contributed by atoms with van der Waals surface area (Å²) >= 11 is 0. The first-order chi connectivity index (χ1) is 22.2. The van der Waals surface area contributed by atoms with Gasteiger partial charge in [0.25, 0.3) is 5.91 Å². The molecule has 5 rings (SSSR count). The van der Waals surface area contributed by atoms with Crippen molar-refractivity contribution in [2.45, 2.75) is 57.4 Å². The maximum atomic E-state index is 13.6. The second-order valence-electron chi connectivity index (χ2n) is 11.1. The number of halogens is 1. The largest absolute Gasteiger partial charge is 0.464 e. The van der Waals surface area contributed by atoms with Crippen molar-refractivity contribution in [3.63, 3.8) is 0 Å². The van der Waals surface area contributed by atoms with Gasteiger partial charge in [0.15, 0.2) is 5.52 Å². The van der Waals surface area contributed by atoms with E-state index >= 15 is 0 Å². The zero-order chi connectivity index (χ0) is 32.7. The molecule has 1 aliphatic rings. The number of anilines is 1. The number of pyridine rings is 1. The van der Waals surface area contributed by atoms with Crippen LogP contribution in [0.5, 0.6) is 0 Å². The minimum absolute atomic E-state index is 0.0353. The number of carbonyl (C=O) groups is 2. The van der Waals surface area contributed by atoms with Crippen LogP contribution in [0, 0.1) is 15.9 Å². The molecular formula is C32H35FN6O7. The number of aromatic nitrogens is 3. The van der Waals surface area contributed by atoms with Gasteiger partial charge in [-0.1, -0.05) is 25.1 Å². The summed E-state index contributed by atoms with van der Waals surface area (Å²) in [6.45, 7) is 4.28. The molecule has 0 aliphatic heterocycles. The van der Waals surface area contributed by atoms with E-state index in [1.165, 1.54) is 24.3 Å². The van der Waals surface area contributed by atoms with E-state index in [4.69, 9.17) is 14.5 Å². The molecule has 0 radical (unpaired) electrons. The van der Waals surface area contributed by atoms with Crippen LogP contribution in [0.3, 0.4) is 0 Å². The minimum atomic E-state index is -1.36. The Bertz CT molecular complexity index is 1710. The number of amides is 1. The predicted molar refractivity (Wildman–Crippen MR) is 165 cm³/mol. The normalized spacial score (nSPS) is 14.1. The SMILES string of the molecule is CCOC(=O)C(CC)(CCOCCNc1ccc([N+](=O)[O-])c2nonc12)NC(=O)c1ccc(C2CC2)c(Cc2ccc(F)cc2)n1. The highest BCUT2D eigenvalue weighted by Crippen LogP contribution is 2.41. The fourth-order valence-corrected chi connectivity index (χ4v) is 5.27. The van der Waals surface area contributed by atoms with Crippen molar-refractivity contribution in [2.75, 3.05) is 31.7 Å². The predicted octanol–water partition coefficient (Wildman–Crippen LogP) is 5.09. The Morgan fingerprint density at radius 1 is 1.07 bits per heavy atom. The molecule has 1 saturated carbocycles. The number of rotatable bonds is 16. The van der Waals surface area contributed by atoms with E-state index in [9.17, 15) is 24.1 Å². The minimum Gasteiger partial charge on any atom is -0.464 e. The van der Waals surface area contributed by atoms with Crippen molar-refractivity contribution in [1.82, 2.24) is 20.6 Å². The maximum absolute atomic E-state index is 13.6. The number of nitrogens with zero attached hydrogens (tertiary/aromatic N) is 4. The van der Waals surface area contributed by atoms with Crippen molar-refractivity contribution in [3.8, 4) is 0 Å². The molecule has 1 aliphatic carbocycles. The molecule has 4 aromatic rings. The number of nitro benzene ring substituents is 1. The molecule has 2 aromatic carbocycles. The average molecular weight is 635 g/mol. The summed E-state index contributed by atoms with van der Waals surface area (Å²) in [5, 5.41) is 24.6. The number of non-ortho nitro benzene ring substituents is 1. The summed E-state index contributed by atoms with van der Waals surface area (Å²) in [5.41, 5.74) is 2.06. The monoisotopic (exact) mass is 634 g/mol. The standard InChI is InChI=1S/C32H35FN6O7/c1-3-32(31(41)45-4-2,15-17-44-18-16-34-24-13-14-27(39(42)43)29-28(24)37-46-38-29)36-30(40)25-12-11-23(21-7-8-21)26(35-25)19-20-5-9-22(33)10-6-20/h5-6,9-14,21,34H,3-4,7-8,15-19H2,1-2H3,(H,36,40). The molecule has 0 spiro atoms. The number of ether oxygens (including phenoxy) is 2. The quantitative estimate of drug-likeness (QED) is 0.0727. The molecule has 46 heavy (non-hydrogen) atoms. The topological polar surface area (TPSA) is 172 Å². The van der Waals surface area contributed by atoms with E-state index in [2.05, 4.69) is 25.6 Å². The second kappa shape index (κ2) is 14.4. The molecule has 242 valence electrons. The van der Waals surface area contributed by atoms with Gasteiger partial charge in [-0.05, 0) is 77.8 Å². The molecule has 14 heteroatoms. The van der Waals surface area contributed by atoms with Crippen LogP contribution in [0.15, 0.2) is 53.2 Å². The van der Waals surface area contributed by atoms with Gasteiger partial charge in [-0.2, -0.15) is 0 Å². The van der Waals surface area contributed by atoms with Crippen LogP contribution < -0.4 is 10.6 Å². The molecule has 1 amide bonds. The summed E-state index contributed by atoms with van der Waals surface area (Å²) in [5.74, 6) is -1.01. The first-order valence-electron chi connectivity index (χ1n) is 15.2. The van der Waals surface area contributed by atoms with E-state index in [-0.39, 0.29) is 60.9 Å². The lowest BCUT2D eigenvalue weighted by Crippen LogP contribution is -2.55. The smallest absolute Gasteiger partial charge is 0.331 e. The van der Waals surface area contributed by atoms with E-state index in [1.807, 2.05) is 6.07 Å². The van der Waals surface area contributed by atoms with Crippen LogP contribution in [0.1, 0.15) is 72.8 Å². The van der Waals surface area contributed by atoms with E-state index in [1.54, 1.807) is 32.0 Å². The van der Waals surface area contributed by atoms with Gasteiger partial charge in [-0.25, -0.2) is 18.8 Å². The first-order valence-corrected chi connectivity index (χ1v) is 15.2. The molecule has 1 fully saturated rings. The fraction of sp³-hybridized carbons (Fsp3) is 0.406. The van der Waals surface area contributed by atoms with Gasteiger partial charge in [-0.3, -0.25) is 14.9 Å². The molecule has 1 atom stereocenters. The van der Waals surface area contributed by atoms with Gasteiger partial charge >= 0.3 is 11.7 Å². The van der Waals surface area contributed by atoms with Gasteiger partial charge in [0, 0.05) is 37.8 Å². The number of esters is 1. The molecule has 0 bridgehead atoms. The fourth-order valence-electron chi connectivity index (χ4n) is 5.27. The van der Waals surface area contributed by atoms with Crippen LogP contribution >= 0.6 is 0 Å². The third kappa shape index (κ3) is 7.45. The van der Waals surface area contributed by atoms with Crippen molar-refractivity contribution in [2.24, 2.45) is 0 Å². The summed E-state index contributed by atoms with van der Waals surface area (Å²) in [6, 6.07) is 12.6. The van der Waals surface area contributed by atoms with Gasteiger partial charge in [0.1, 0.15) is 17.1 Å². The Morgan fingerprint density at radius 3 is 2.52 bits per heavy atom. The Labute approximate surface area is 264 Å². The number of benzene rings is 2. The number of carbonyl (C=O) groups excluding carboxylic acids is 2. The number of fused-ring (bicyclic) bond motifs is 1. The van der Waals surface area contributed by atoms with E-state index in [0.717, 1.165) is 29.7 Å². The maximum Gasteiger partial charge on any atom is 0.331 e. The highest BCUT2D eigenvalue weighted by atomic mass is 19.1. The van der Waals surface area contributed by atoms with Crippen molar-refractivity contribution >= 4 is 34.3 Å². The summed E-state index contributed by atoms with van der Waals surface area (Å²) < 4.78 is 29.3. The number of nitro groups is 1. The Kier molecular flexibility index (Phi) is 10.2. The van der Waals surface area contributed by atoms with Crippen LogP contribution in [-0.2, 0) is 20.7 Å². The third-order valence-electron chi connectivity index (χ3n) is 7.99. The molecule has 2 aromatic heterocycles. The van der Waals surface area contributed by atoms with Crippen molar-refractivity contribution in [1.29, 1.82) is 0 Å². The highest BCUT2D eigenvalue weighted by Gasteiger charge is 2.40. The molecule has 2 N–H and O–H groups in total. The third-order valence-corrected chi connectivity index (χ3v) is 7.99. The van der Waals surface area contributed by atoms with E-state index < -0.39 is 22.3 Å². The lowest BCUT2D eigenvalue weighted by Gasteiger charge is -2.31. The molecular weight excluding hydrogens is 599 g/mol. The molecule has 13 nitrogen and oxygen atoms in total. The van der Waals surface area contributed by atoms with Gasteiger partial charge in [-0.15, -0.1) is 0 Å². The van der Waals surface area contributed by atoms with Gasteiger partial charge < -0.3 is 20.1 Å². The van der Waals surface area contributed by atoms with Crippen molar-refractivity contribution < 1.29 is 33.0 Å². The van der Waals surface area contributed by atoms with Crippen LogP contribution in [0.4, 0.5) is 15.8 Å². The Hall–Kier alpha value is -4.98. The number of hydrogen-bond donors (Lipinski definition) is 2. The lowest BCUT2D eigenvalue weighted by atomic mass is 9.91. The summed E-state index contributed by atoms with van der Waals surface area (Å²) in [6.07, 6.45) is 2.95. The zero-order valence-corrected chi connectivity index (χ0v) is 25.6.